The lowest BCUT2D eigenvalue weighted by Crippen LogP contribution is -2.36. The zero-order chi connectivity index (χ0) is 15.8. The van der Waals surface area contributed by atoms with E-state index in [4.69, 9.17) is 0 Å². The van der Waals surface area contributed by atoms with Crippen molar-refractivity contribution in [2.45, 2.75) is 45.7 Å². The van der Waals surface area contributed by atoms with E-state index >= 15 is 0 Å². The van der Waals surface area contributed by atoms with Crippen molar-refractivity contribution in [3.63, 3.8) is 0 Å². The number of hydrogen-bond acceptors (Lipinski definition) is 3. The quantitative estimate of drug-likeness (QED) is 0.775. The zero-order valence-electron chi connectivity index (χ0n) is 13.9. The number of benzene rings is 1. The molecule has 2 N–H and O–H groups in total. The van der Waals surface area contributed by atoms with E-state index in [0.29, 0.717) is 0 Å². The zero-order valence-corrected chi connectivity index (χ0v) is 13.9. The minimum absolute atomic E-state index is 0.0409. The third kappa shape index (κ3) is 5.11. The lowest BCUT2D eigenvalue weighted by Gasteiger charge is -2.21. The van der Waals surface area contributed by atoms with E-state index < -0.39 is 0 Å². The summed E-state index contributed by atoms with van der Waals surface area (Å²) in [5, 5.41) is 6.35. The van der Waals surface area contributed by atoms with Gasteiger partial charge in [0, 0.05) is 24.7 Å². The van der Waals surface area contributed by atoms with Gasteiger partial charge in [0.15, 0.2) is 0 Å². The van der Waals surface area contributed by atoms with E-state index in [1.54, 1.807) is 0 Å². The predicted molar refractivity (Wildman–Crippen MR) is 91.0 cm³/mol. The molecule has 4 nitrogen and oxygen atoms in total. The smallest absolute Gasteiger partial charge is 0.251 e. The predicted octanol–water partition coefficient (Wildman–Crippen LogP) is 2.40. The fraction of sp³-hybridized carbons (Fsp3) is 0.611. The van der Waals surface area contributed by atoms with Crippen molar-refractivity contribution in [2.75, 3.05) is 26.2 Å². The van der Waals surface area contributed by atoms with E-state index in [9.17, 15) is 4.79 Å². The number of carbonyl (C=O) groups excluding carboxylic acids is 1. The van der Waals surface area contributed by atoms with Crippen molar-refractivity contribution in [3.8, 4) is 0 Å². The highest BCUT2D eigenvalue weighted by molar-refractivity contribution is 5.94. The fourth-order valence-corrected chi connectivity index (χ4v) is 2.97. The molecule has 22 heavy (non-hydrogen) atoms. The van der Waals surface area contributed by atoms with Crippen LogP contribution in [0.15, 0.2) is 24.3 Å². The van der Waals surface area contributed by atoms with Crippen molar-refractivity contribution in [3.05, 3.63) is 35.4 Å². The largest absolute Gasteiger partial charge is 0.348 e. The minimum atomic E-state index is 0.0409. The van der Waals surface area contributed by atoms with E-state index in [1.807, 2.05) is 12.1 Å². The monoisotopic (exact) mass is 303 g/mol. The lowest BCUT2D eigenvalue weighted by molar-refractivity contribution is 0.0940. The molecule has 0 saturated carbocycles. The van der Waals surface area contributed by atoms with E-state index in [1.165, 1.54) is 18.4 Å². The van der Waals surface area contributed by atoms with Crippen LogP contribution in [0.5, 0.6) is 0 Å². The van der Waals surface area contributed by atoms with Crippen molar-refractivity contribution < 1.29 is 4.79 Å². The van der Waals surface area contributed by atoms with Crippen molar-refractivity contribution in [2.24, 2.45) is 0 Å². The van der Waals surface area contributed by atoms with Crippen molar-refractivity contribution in [1.29, 1.82) is 0 Å². The van der Waals surface area contributed by atoms with Gasteiger partial charge in [-0.1, -0.05) is 26.0 Å². The third-order valence-corrected chi connectivity index (χ3v) is 4.10. The van der Waals surface area contributed by atoms with E-state index in [-0.39, 0.29) is 11.9 Å². The van der Waals surface area contributed by atoms with Gasteiger partial charge in [0.1, 0.15) is 0 Å². The van der Waals surface area contributed by atoms with Gasteiger partial charge in [0.05, 0.1) is 0 Å². The normalized spacial score (nSPS) is 17.9. The highest BCUT2D eigenvalue weighted by atomic mass is 16.1. The Hall–Kier alpha value is -1.39. The first kappa shape index (κ1) is 17.0. The number of nitrogens with one attached hydrogen (secondary N) is 2. The van der Waals surface area contributed by atoms with Crippen LogP contribution in [0.4, 0.5) is 0 Å². The van der Waals surface area contributed by atoms with Gasteiger partial charge in [0.25, 0.3) is 5.91 Å². The molecule has 1 fully saturated rings. The van der Waals surface area contributed by atoms with Crippen molar-refractivity contribution >= 4 is 5.91 Å². The van der Waals surface area contributed by atoms with Gasteiger partial charge in [-0.25, -0.2) is 0 Å². The van der Waals surface area contributed by atoms with Crippen LogP contribution < -0.4 is 10.6 Å². The summed E-state index contributed by atoms with van der Waals surface area (Å²) in [6, 6.07) is 8.34. The summed E-state index contributed by atoms with van der Waals surface area (Å²) in [5.41, 5.74) is 2.04. The first-order chi connectivity index (χ1) is 10.7. The Balaban J connectivity index is 1.89. The van der Waals surface area contributed by atoms with E-state index in [0.717, 1.165) is 44.7 Å². The maximum absolute atomic E-state index is 12.2. The topological polar surface area (TPSA) is 44.4 Å². The molecule has 0 aromatic heterocycles. The van der Waals surface area contributed by atoms with Crippen LogP contribution in [-0.2, 0) is 6.54 Å². The molecule has 1 unspecified atom stereocenters. The second-order valence-electron chi connectivity index (χ2n) is 6.14. The highest BCUT2D eigenvalue weighted by Gasteiger charge is 2.17. The first-order valence-corrected chi connectivity index (χ1v) is 8.55. The van der Waals surface area contributed by atoms with Crippen LogP contribution in [0.1, 0.15) is 49.0 Å². The molecule has 0 bridgehead atoms. The molecule has 122 valence electrons. The molecule has 2 rings (SSSR count). The molecular weight excluding hydrogens is 274 g/mol. The molecule has 1 aromatic carbocycles. The Morgan fingerprint density at radius 2 is 1.91 bits per heavy atom. The molecule has 0 radical (unpaired) electrons. The molecule has 1 aliphatic rings. The van der Waals surface area contributed by atoms with Crippen LogP contribution in [0.2, 0.25) is 0 Å². The van der Waals surface area contributed by atoms with Crippen molar-refractivity contribution in [1.82, 2.24) is 15.5 Å². The molecule has 4 heteroatoms. The average Bonchev–Trinajstić information content (AvgIpc) is 3.01. The Kier molecular flexibility index (Phi) is 6.87. The summed E-state index contributed by atoms with van der Waals surface area (Å²) in [4.78, 5) is 14.7. The van der Waals surface area contributed by atoms with Gasteiger partial charge >= 0.3 is 0 Å². The van der Waals surface area contributed by atoms with E-state index in [2.05, 4.69) is 41.5 Å². The summed E-state index contributed by atoms with van der Waals surface area (Å²) in [6.07, 6.45) is 3.37. The highest BCUT2D eigenvalue weighted by Crippen LogP contribution is 2.09. The maximum Gasteiger partial charge on any atom is 0.251 e. The SMILES string of the molecule is CCCN(CCC)Cc1ccc(C(=O)NC2CCNC2)cc1. The summed E-state index contributed by atoms with van der Waals surface area (Å²) >= 11 is 0. The van der Waals surface area contributed by atoms with Gasteiger partial charge in [-0.05, 0) is 56.6 Å². The maximum atomic E-state index is 12.2. The van der Waals surface area contributed by atoms with Gasteiger partial charge in [-0.15, -0.1) is 0 Å². The molecule has 1 atom stereocenters. The lowest BCUT2D eigenvalue weighted by atomic mass is 10.1. The van der Waals surface area contributed by atoms with Crippen LogP contribution in [0.25, 0.3) is 0 Å². The average molecular weight is 303 g/mol. The second-order valence-corrected chi connectivity index (χ2v) is 6.14. The molecule has 0 aliphatic carbocycles. The Morgan fingerprint density at radius 1 is 1.23 bits per heavy atom. The number of amides is 1. The summed E-state index contributed by atoms with van der Waals surface area (Å²) in [6.45, 7) is 9.54. The van der Waals surface area contributed by atoms with Crippen LogP contribution in [0.3, 0.4) is 0 Å². The third-order valence-electron chi connectivity index (χ3n) is 4.10. The minimum Gasteiger partial charge on any atom is -0.348 e. The Labute approximate surface area is 134 Å². The first-order valence-electron chi connectivity index (χ1n) is 8.55. The van der Waals surface area contributed by atoms with Gasteiger partial charge < -0.3 is 10.6 Å². The van der Waals surface area contributed by atoms with Crippen LogP contribution >= 0.6 is 0 Å². The molecule has 1 heterocycles. The Morgan fingerprint density at radius 3 is 2.45 bits per heavy atom. The number of hydrogen-bond donors (Lipinski definition) is 2. The summed E-state index contributed by atoms with van der Waals surface area (Å²) in [7, 11) is 0. The standard InChI is InChI=1S/C18H29N3O/c1-3-11-21(12-4-2)14-15-5-7-16(8-6-15)18(22)20-17-9-10-19-13-17/h5-8,17,19H,3-4,9-14H2,1-2H3,(H,20,22). The number of carbonyl (C=O) groups is 1. The molecular formula is C18H29N3O. The number of nitrogens with zero attached hydrogens (tertiary/aromatic N) is 1. The Bertz CT molecular complexity index is 446. The van der Waals surface area contributed by atoms with Gasteiger partial charge in [-0.2, -0.15) is 0 Å². The molecule has 1 aliphatic heterocycles. The number of rotatable bonds is 8. The molecule has 1 aromatic rings. The fourth-order valence-electron chi connectivity index (χ4n) is 2.97. The van der Waals surface area contributed by atoms with Crippen LogP contribution in [0, 0.1) is 0 Å². The van der Waals surface area contributed by atoms with Gasteiger partial charge in [-0.3, -0.25) is 9.69 Å². The summed E-state index contributed by atoms with van der Waals surface area (Å²) < 4.78 is 0. The summed E-state index contributed by atoms with van der Waals surface area (Å²) in [5.74, 6) is 0.0409. The molecule has 1 amide bonds. The second kappa shape index (κ2) is 8.91. The van der Waals surface area contributed by atoms with Gasteiger partial charge in [0.2, 0.25) is 0 Å². The van der Waals surface area contributed by atoms with Crippen LogP contribution in [-0.4, -0.2) is 43.0 Å². The molecule has 1 saturated heterocycles. The molecule has 0 spiro atoms.